The van der Waals surface area contributed by atoms with Crippen molar-refractivity contribution < 1.29 is 4.39 Å². The summed E-state index contributed by atoms with van der Waals surface area (Å²) in [5.41, 5.74) is 4.03. The van der Waals surface area contributed by atoms with Crippen molar-refractivity contribution >= 4 is 23.7 Å². The number of nitrogens with zero attached hydrogens (tertiary/aromatic N) is 2. The third-order valence-corrected chi connectivity index (χ3v) is 5.73. The maximum Gasteiger partial charge on any atom is 0.123 e. The maximum atomic E-state index is 14.2. The van der Waals surface area contributed by atoms with Crippen LogP contribution in [0.3, 0.4) is 0 Å². The van der Waals surface area contributed by atoms with Gasteiger partial charge in [-0.2, -0.15) is 0 Å². The first kappa shape index (κ1) is 22.2. The number of piperazine rings is 1. The van der Waals surface area contributed by atoms with Crippen LogP contribution < -0.4 is 4.90 Å². The Balaban J connectivity index is 0.00000261. The molecule has 1 aliphatic heterocycles. The van der Waals surface area contributed by atoms with Gasteiger partial charge in [-0.25, -0.2) is 4.39 Å². The van der Waals surface area contributed by atoms with Gasteiger partial charge in [-0.3, -0.25) is 4.90 Å². The molecule has 1 aromatic carbocycles. The Morgan fingerprint density at radius 1 is 1.04 bits per heavy atom. The molecule has 1 fully saturated rings. The van der Waals surface area contributed by atoms with E-state index in [0.717, 1.165) is 38.2 Å². The number of hydrogen-bond donors (Lipinski definition) is 0. The predicted molar refractivity (Wildman–Crippen MR) is 117 cm³/mol. The second-order valence-electron chi connectivity index (χ2n) is 9.67. The first-order chi connectivity index (χ1) is 12.2. The monoisotopic (exact) mass is 394 g/mol. The van der Waals surface area contributed by atoms with Crippen molar-refractivity contribution in [3.63, 3.8) is 0 Å². The molecule has 0 N–H and O–H groups in total. The number of allylic oxidation sites excluding steroid dienone is 2. The van der Waals surface area contributed by atoms with Crippen LogP contribution in [0.2, 0.25) is 0 Å². The first-order valence-electron chi connectivity index (χ1n) is 10.2. The molecule has 0 saturated carbocycles. The predicted octanol–water partition coefficient (Wildman–Crippen LogP) is 6.01. The average molecular weight is 395 g/mol. The summed E-state index contributed by atoms with van der Waals surface area (Å²) in [4.78, 5) is 4.99. The van der Waals surface area contributed by atoms with E-state index in [9.17, 15) is 4.39 Å². The molecule has 0 amide bonds. The number of benzene rings is 1. The van der Waals surface area contributed by atoms with Crippen LogP contribution in [0.25, 0.3) is 5.57 Å². The molecule has 0 radical (unpaired) electrons. The molecule has 1 aliphatic carbocycles. The van der Waals surface area contributed by atoms with E-state index in [2.05, 4.69) is 50.5 Å². The summed E-state index contributed by atoms with van der Waals surface area (Å²) in [5, 5.41) is 0. The highest BCUT2D eigenvalue weighted by molar-refractivity contribution is 5.85. The Bertz CT molecular complexity index is 673. The summed E-state index contributed by atoms with van der Waals surface area (Å²) >= 11 is 0. The van der Waals surface area contributed by atoms with Gasteiger partial charge in [-0.05, 0) is 60.4 Å². The third kappa shape index (κ3) is 5.48. The van der Waals surface area contributed by atoms with Gasteiger partial charge >= 0.3 is 0 Å². The van der Waals surface area contributed by atoms with Gasteiger partial charge in [0.05, 0.1) is 0 Å². The lowest BCUT2D eigenvalue weighted by molar-refractivity contribution is 0.228. The van der Waals surface area contributed by atoms with Crippen molar-refractivity contribution in [3.8, 4) is 0 Å². The highest BCUT2D eigenvalue weighted by Gasteiger charge is 2.34. The second kappa shape index (κ2) is 8.53. The summed E-state index contributed by atoms with van der Waals surface area (Å²) in [6.45, 7) is 16.9. The molecule has 1 aromatic rings. The molecule has 0 atom stereocenters. The van der Waals surface area contributed by atoms with Crippen molar-refractivity contribution in [1.82, 2.24) is 4.90 Å². The summed E-state index contributed by atoms with van der Waals surface area (Å²) < 4.78 is 14.2. The van der Waals surface area contributed by atoms with Crippen molar-refractivity contribution in [2.45, 2.75) is 53.9 Å². The summed E-state index contributed by atoms with van der Waals surface area (Å²) in [6.07, 6.45) is 5.79. The number of hydrogen-bond acceptors (Lipinski definition) is 2. The normalized spacial score (nSPS) is 22.1. The molecule has 2 nitrogen and oxygen atoms in total. The average Bonchev–Trinajstić information content (AvgIpc) is 2.53. The quantitative estimate of drug-likeness (QED) is 0.617. The molecule has 1 saturated heterocycles. The van der Waals surface area contributed by atoms with Gasteiger partial charge < -0.3 is 4.90 Å². The van der Waals surface area contributed by atoms with Gasteiger partial charge in [-0.15, -0.1) is 12.4 Å². The van der Waals surface area contributed by atoms with Gasteiger partial charge in [-0.1, -0.05) is 40.7 Å². The summed E-state index contributed by atoms with van der Waals surface area (Å²) in [6, 6.07) is 5.38. The van der Waals surface area contributed by atoms with E-state index in [1.165, 1.54) is 30.6 Å². The van der Waals surface area contributed by atoms with Crippen LogP contribution in [0.5, 0.6) is 0 Å². The van der Waals surface area contributed by atoms with Gasteiger partial charge in [0.15, 0.2) is 0 Å². The van der Waals surface area contributed by atoms with Crippen LogP contribution in [0.4, 0.5) is 10.1 Å². The highest BCUT2D eigenvalue weighted by atomic mass is 35.5. The Kier molecular flexibility index (Phi) is 7.02. The molecule has 3 rings (SSSR count). The second-order valence-corrected chi connectivity index (χ2v) is 9.67. The summed E-state index contributed by atoms with van der Waals surface area (Å²) in [5.74, 6) is -0.129. The first-order valence-corrected chi connectivity index (χ1v) is 10.2. The van der Waals surface area contributed by atoms with E-state index >= 15 is 0 Å². The standard InChI is InChI=1S/C23H35FN2.ClH/c1-6-9-25-10-12-26(13-11-25)21-8-7-19(24)14-20(21)18-15-22(2,3)17-23(4,5)16-18;/h7-8,14-15H,6,9-13,16-17H2,1-5H3;1H. The molecule has 2 aliphatic rings. The molecule has 0 aromatic heterocycles. The van der Waals surface area contributed by atoms with Crippen molar-refractivity contribution in [2.75, 3.05) is 37.6 Å². The highest BCUT2D eigenvalue weighted by Crippen LogP contribution is 2.48. The molecule has 1 heterocycles. The van der Waals surface area contributed by atoms with Crippen molar-refractivity contribution in [2.24, 2.45) is 10.8 Å². The smallest absolute Gasteiger partial charge is 0.123 e. The van der Waals surface area contributed by atoms with Crippen molar-refractivity contribution in [1.29, 1.82) is 0 Å². The molecule has 0 bridgehead atoms. The number of halogens is 2. The van der Waals surface area contributed by atoms with Crippen LogP contribution in [-0.4, -0.2) is 37.6 Å². The molecule has 0 unspecified atom stereocenters. The zero-order valence-electron chi connectivity index (χ0n) is 17.6. The lowest BCUT2D eigenvalue weighted by atomic mass is 9.65. The minimum atomic E-state index is -0.129. The van der Waals surface area contributed by atoms with Crippen LogP contribution in [0.15, 0.2) is 24.3 Å². The number of anilines is 1. The number of rotatable bonds is 4. The van der Waals surface area contributed by atoms with Gasteiger partial charge in [0, 0.05) is 37.4 Å². The van der Waals surface area contributed by atoms with Gasteiger partial charge in [0.1, 0.15) is 5.82 Å². The van der Waals surface area contributed by atoms with Crippen LogP contribution in [0.1, 0.15) is 59.4 Å². The van der Waals surface area contributed by atoms with E-state index in [-0.39, 0.29) is 29.1 Å². The zero-order chi connectivity index (χ0) is 18.9. The SMILES string of the molecule is CCCN1CCN(c2ccc(F)cc2C2=CC(C)(C)CC(C)(C)C2)CC1.Cl. The Morgan fingerprint density at radius 3 is 2.30 bits per heavy atom. The minimum absolute atomic E-state index is 0. The zero-order valence-corrected chi connectivity index (χ0v) is 18.5. The third-order valence-electron chi connectivity index (χ3n) is 5.73. The van der Waals surface area contributed by atoms with E-state index in [0.29, 0.717) is 0 Å². The fourth-order valence-electron chi connectivity index (χ4n) is 5.13. The Morgan fingerprint density at radius 2 is 1.70 bits per heavy atom. The van der Waals surface area contributed by atoms with Crippen LogP contribution in [0, 0.1) is 16.6 Å². The van der Waals surface area contributed by atoms with Gasteiger partial charge in [0.25, 0.3) is 0 Å². The van der Waals surface area contributed by atoms with Crippen LogP contribution in [-0.2, 0) is 0 Å². The van der Waals surface area contributed by atoms with E-state index in [4.69, 9.17) is 0 Å². The summed E-state index contributed by atoms with van der Waals surface area (Å²) in [7, 11) is 0. The van der Waals surface area contributed by atoms with E-state index in [1.807, 2.05) is 6.07 Å². The molecular formula is C23H36ClFN2. The molecule has 0 spiro atoms. The molecular weight excluding hydrogens is 359 g/mol. The lowest BCUT2D eigenvalue weighted by Gasteiger charge is -2.41. The molecule has 4 heteroatoms. The van der Waals surface area contributed by atoms with Gasteiger partial charge in [0.2, 0.25) is 0 Å². The fourth-order valence-corrected chi connectivity index (χ4v) is 5.13. The Hall–Kier alpha value is -1.06. The largest absolute Gasteiger partial charge is 0.368 e. The lowest BCUT2D eigenvalue weighted by Crippen LogP contribution is -2.46. The Labute approximate surface area is 171 Å². The van der Waals surface area contributed by atoms with Crippen molar-refractivity contribution in [3.05, 3.63) is 35.7 Å². The topological polar surface area (TPSA) is 6.48 Å². The minimum Gasteiger partial charge on any atom is -0.368 e. The molecule has 152 valence electrons. The maximum absolute atomic E-state index is 14.2. The van der Waals surface area contributed by atoms with E-state index in [1.54, 1.807) is 12.1 Å². The molecule has 27 heavy (non-hydrogen) atoms. The van der Waals surface area contributed by atoms with Crippen LogP contribution >= 0.6 is 12.4 Å². The van der Waals surface area contributed by atoms with E-state index < -0.39 is 0 Å². The fraction of sp³-hybridized carbons (Fsp3) is 0.652.